The second-order valence-corrected chi connectivity index (χ2v) is 15.9. The number of para-hydroxylation sites is 1. The Bertz CT molecular complexity index is 1530. The summed E-state index contributed by atoms with van der Waals surface area (Å²) in [7, 11) is 6.69. The molecule has 7 rings (SSSR count). The lowest BCUT2D eigenvalue weighted by molar-refractivity contribution is -0.320. The van der Waals surface area contributed by atoms with Gasteiger partial charge in [0.15, 0.2) is 0 Å². The fraction of sp³-hybridized carbons (Fsp3) is 0.757. The molecular formula is C37H53N3O10. The molecule has 5 saturated carbocycles. The molecule has 0 radical (unpaired) electrons. The Morgan fingerprint density at radius 1 is 1.08 bits per heavy atom. The van der Waals surface area contributed by atoms with Gasteiger partial charge in [0.2, 0.25) is 11.8 Å². The van der Waals surface area contributed by atoms with Crippen molar-refractivity contribution in [3.05, 3.63) is 29.8 Å². The van der Waals surface area contributed by atoms with E-state index < -0.39 is 57.9 Å². The zero-order chi connectivity index (χ0) is 36.0. The first-order valence-corrected chi connectivity index (χ1v) is 18.0. The van der Waals surface area contributed by atoms with E-state index in [9.17, 15) is 24.6 Å². The van der Waals surface area contributed by atoms with Crippen LogP contribution >= 0.6 is 0 Å². The van der Waals surface area contributed by atoms with Gasteiger partial charge in [0, 0.05) is 82.3 Å². The minimum absolute atomic E-state index is 0.0402. The number of hydrogen-bond acceptors (Lipinski definition) is 11. The average molecular weight is 700 g/mol. The van der Waals surface area contributed by atoms with Crippen LogP contribution in [0.1, 0.15) is 56.3 Å². The van der Waals surface area contributed by atoms with Gasteiger partial charge in [0.1, 0.15) is 11.2 Å². The number of nitrogens with one attached hydrogen (secondary N) is 1. The number of aliphatic hydroxyl groups is 2. The minimum atomic E-state index is -1.70. The highest BCUT2D eigenvalue weighted by Gasteiger charge is 2.91. The lowest BCUT2D eigenvalue weighted by atomic mass is 9.42. The molecule has 14 atom stereocenters. The number of carbonyl (C=O) groups excluding carboxylic acids is 3. The third-order valence-corrected chi connectivity index (χ3v) is 14.2. The first kappa shape index (κ1) is 35.7. The number of likely N-dealkylation sites (tertiary alicyclic amines) is 1. The average Bonchev–Trinajstić information content (AvgIpc) is 3.52. The maximum Gasteiger partial charge on any atom is 0.340 e. The molecule has 1 aliphatic heterocycles. The molecule has 13 heteroatoms. The quantitative estimate of drug-likeness (QED) is 0.233. The van der Waals surface area contributed by atoms with Crippen molar-refractivity contribution in [2.45, 2.75) is 87.6 Å². The van der Waals surface area contributed by atoms with E-state index in [0.29, 0.717) is 25.9 Å². The highest BCUT2D eigenvalue weighted by molar-refractivity contribution is 6.02. The summed E-state index contributed by atoms with van der Waals surface area (Å²) >= 11 is 0. The first-order valence-electron chi connectivity index (χ1n) is 18.0. The summed E-state index contributed by atoms with van der Waals surface area (Å²) in [5.74, 6) is -3.02. The van der Waals surface area contributed by atoms with Gasteiger partial charge in [-0.1, -0.05) is 26.0 Å². The van der Waals surface area contributed by atoms with Crippen molar-refractivity contribution in [1.82, 2.24) is 4.90 Å². The number of nitrogens with zero attached hydrogens (tertiary/aromatic N) is 1. The summed E-state index contributed by atoms with van der Waals surface area (Å²) in [6, 6.07) is 6.16. The molecule has 1 saturated heterocycles. The van der Waals surface area contributed by atoms with Gasteiger partial charge in [0.25, 0.3) is 0 Å². The topological polar surface area (TPSA) is 179 Å². The molecule has 1 aromatic rings. The van der Waals surface area contributed by atoms with Crippen LogP contribution in [0.15, 0.2) is 24.3 Å². The molecule has 1 heterocycles. The molecule has 6 fully saturated rings. The van der Waals surface area contributed by atoms with Crippen molar-refractivity contribution in [3.8, 4) is 0 Å². The Morgan fingerprint density at radius 2 is 1.82 bits per heavy atom. The van der Waals surface area contributed by atoms with Crippen molar-refractivity contribution in [2.75, 3.05) is 53.5 Å². The Morgan fingerprint density at radius 3 is 2.46 bits per heavy atom. The molecule has 1 aromatic carbocycles. The van der Waals surface area contributed by atoms with Crippen LogP contribution in [0, 0.1) is 40.4 Å². The lowest BCUT2D eigenvalue weighted by Gasteiger charge is -2.70. The van der Waals surface area contributed by atoms with E-state index in [1.807, 2.05) is 0 Å². The SMILES string of the molecule is CCN1CC2(COC(=O)c3ccccc3NC(=O)C(C)CC(N)=O)CCC(OC)C34C5C[C@@H]6C(OC)C[C@@](O)(C5C6OC)C(O)(C(OC)C23)C14. The van der Waals surface area contributed by atoms with Crippen LogP contribution in [0.2, 0.25) is 0 Å². The highest BCUT2D eigenvalue weighted by atomic mass is 16.5. The van der Waals surface area contributed by atoms with E-state index in [1.165, 1.54) is 0 Å². The summed E-state index contributed by atoms with van der Waals surface area (Å²) < 4.78 is 31.3. The van der Waals surface area contributed by atoms with Gasteiger partial charge in [-0.15, -0.1) is 0 Å². The Hall–Kier alpha value is -2.65. The molecule has 5 aliphatic carbocycles. The standard InChI is InChI=1S/C37H53N3O10/c1-7-40-17-34(18-50-32(43)20-10-8-9-11-23(20)39-31(42)19(2)14-26(38)41)13-12-25(47-4)36-22-15-21-24(46-3)16-35(44,27(22)28(21)48-5)37(45,33(36)40)30(49-6)29(34)36/h8-11,19,21-22,24-25,27-30,33,44-45H,7,12-18H2,1-6H3,(H2,38,41)(H,39,42)/t19?,21-,22?,24?,25?,27?,28?,29?,30?,33?,34?,35-,36?,37?/m1/s1. The van der Waals surface area contributed by atoms with Gasteiger partial charge in [-0.2, -0.15) is 0 Å². The van der Waals surface area contributed by atoms with Gasteiger partial charge < -0.3 is 44.9 Å². The van der Waals surface area contributed by atoms with Crippen LogP contribution < -0.4 is 11.1 Å². The number of ether oxygens (including phenoxy) is 5. The number of primary amides is 1. The summed E-state index contributed by atoms with van der Waals surface area (Å²) in [5.41, 5.74) is 1.21. The van der Waals surface area contributed by atoms with Crippen LogP contribution in [-0.2, 0) is 33.3 Å². The normalized spacial score (nSPS) is 44.4. The molecule has 5 N–H and O–H groups in total. The Balaban J connectivity index is 1.29. The van der Waals surface area contributed by atoms with Gasteiger partial charge in [-0.25, -0.2) is 4.79 Å². The number of fused-ring (bicyclic) bond motifs is 2. The van der Waals surface area contributed by atoms with E-state index in [-0.39, 0.29) is 72.7 Å². The summed E-state index contributed by atoms with van der Waals surface area (Å²) in [6.45, 7) is 4.84. The first-order chi connectivity index (χ1) is 23.8. The maximum absolute atomic E-state index is 14.0. The smallest absolute Gasteiger partial charge is 0.340 e. The number of rotatable bonds is 12. The van der Waals surface area contributed by atoms with E-state index >= 15 is 0 Å². The van der Waals surface area contributed by atoms with Crippen molar-refractivity contribution >= 4 is 23.5 Å². The fourth-order valence-corrected chi connectivity index (χ4v) is 12.7. The molecule has 50 heavy (non-hydrogen) atoms. The Kier molecular flexibility index (Phi) is 8.93. The lowest BCUT2D eigenvalue weighted by Crippen LogP contribution is -2.82. The van der Waals surface area contributed by atoms with E-state index in [2.05, 4.69) is 17.1 Å². The third-order valence-electron chi connectivity index (χ3n) is 14.2. The zero-order valence-corrected chi connectivity index (χ0v) is 29.9. The van der Waals surface area contributed by atoms with Gasteiger partial charge in [-0.3, -0.25) is 14.5 Å². The summed E-state index contributed by atoms with van der Waals surface area (Å²) in [4.78, 5) is 40.5. The second kappa shape index (κ2) is 12.5. The molecule has 13 nitrogen and oxygen atoms in total. The largest absolute Gasteiger partial charge is 0.461 e. The van der Waals surface area contributed by atoms with Crippen LogP contribution in [0.3, 0.4) is 0 Å². The number of hydrogen-bond donors (Lipinski definition) is 4. The monoisotopic (exact) mass is 699 g/mol. The number of methoxy groups -OCH3 is 4. The van der Waals surface area contributed by atoms with Crippen LogP contribution in [0.25, 0.3) is 0 Å². The van der Waals surface area contributed by atoms with Crippen LogP contribution in [0.4, 0.5) is 5.69 Å². The van der Waals surface area contributed by atoms with Crippen molar-refractivity contribution in [1.29, 1.82) is 0 Å². The molecule has 276 valence electrons. The molecule has 12 unspecified atom stereocenters. The van der Waals surface area contributed by atoms with Gasteiger partial charge >= 0.3 is 5.97 Å². The highest BCUT2D eigenvalue weighted by Crippen LogP contribution is 2.80. The number of anilines is 1. The Labute approximate surface area is 293 Å². The van der Waals surface area contributed by atoms with Gasteiger partial charge in [0.05, 0.1) is 48.3 Å². The van der Waals surface area contributed by atoms with Crippen molar-refractivity contribution in [3.63, 3.8) is 0 Å². The number of benzene rings is 1. The van der Waals surface area contributed by atoms with Gasteiger partial charge in [-0.05, 0) is 43.9 Å². The minimum Gasteiger partial charge on any atom is -0.461 e. The molecular weight excluding hydrogens is 646 g/mol. The van der Waals surface area contributed by atoms with Crippen molar-refractivity contribution in [2.24, 2.45) is 46.2 Å². The van der Waals surface area contributed by atoms with E-state index in [0.717, 1.165) is 6.42 Å². The summed E-state index contributed by atoms with van der Waals surface area (Å²) in [6.07, 6.45) is 0.586. The molecule has 0 aromatic heterocycles. The number of piperidine rings is 1. The zero-order valence-electron chi connectivity index (χ0n) is 29.9. The van der Waals surface area contributed by atoms with Crippen LogP contribution in [0.5, 0.6) is 0 Å². The fourth-order valence-electron chi connectivity index (χ4n) is 12.7. The molecule has 1 spiro atoms. The van der Waals surface area contributed by atoms with E-state index in [4.69, 9.17) is 29.4 Å². The summed E-state index contributed by atoms with van der Waals surface area (Å²) in [5, 5.41) is 29.3. The predicted octanol–water partition coefficient (Wildman–Crippen LogP) is 1.59. The number of esters is 1. The third kappa shape index (κ3) is 4.46. The number of nitrogens with two attached hydrogens (primary N) is 1. The predicted molar refractivity (Wildman–Crippen MR) is 180 cm³/mol. The number of carbonyl (C=O) groups is 3. The number of likely N-dealkylation sites (N-methyl/N-ethyl adjacent to an activating group) is 1. The van der Waals surface area contributed by atoms with Crippen LogP contribution in [-0.4, -0.2) is 123 Å². The molecule has 7 bridgehead atoms. The molecule has 2 amide bonds. The molecule has 6 aliphatic rings. The number of amides is 2. The second-order valence-electron chi connectivity index (χ2n) is 15.9. The maximum atomic E-state index is 14.0. The van der Waals surface area contributed by atoms with Crippen molar-refractivity contribution < 1.29 is 48.3 Å². The van der Waals surface area contributed by atoms with E-state index in [1.54, 1.807) is 59.6 Å².